The molecule has 0 saturated heterocycles. The summed E-state index contributed by atoms with van der Waals surface area (Å²) in [5, 5.41) is 3.33. The third-order valence-corrected chi connectivity index (χ3v) is 6.50. The van der Waals surface area contributed by atoms with Gasteiger partial charge in [0.1, 0.15) is 9.98 Å². The Morgan fingerprint density at radius 3 is 1.51 bits per heavy atom. The van der Waals surface area contributed by atoms with Crippen molar-refractivity contribution in [3.63, 3.8) is 0 Å². The fraction of sp³-hybridized carbons (Fsp3) is 0.259. The first-order valence-electron chi connectivity index (χ1n) is 11.1. The van der Waals surface area contributed by atoms with Gasteiger partial charge in [0.05, 0.1) is 54.0 Å². The van der Waals surface area contributed by atoms with E-state index in [1.807, 2.05) is 48.3 Å². The van der Waals surface area contributed by atoms with Gasteiger partial charge in [-0.25, -0.2) is 0 Å². The molecule has 3 aromatic rings. The van der Waals surface area contributed by atoms with Crippen LogP contribution in [0.25, 0.3) is 0 Å². The monoisotopic (exact) mass is 542 g/mol. The Balaban J connectivity index is 1.95. The highest BCUT2D eigenvalue weighted by Crippen LogP contribution is 2.40. The van der Waals surface area contributed by atoms with Crippen molar-refractivity contribution >= 4 is 45.8 Å². The van der Waals surface area contributed by atoms with Crippen molar-refractivity contribution in [1.29, 1.82) is 0 Å². The minimum atomic E-state index is 0.471. The molecule has 0 aromatic heterocycles. The van der Waals surface area contributed by atoms with Gasteiger partial charge in [0.2, 0.25) is 11.5 Å². The number of thiocarbonyl (C=S) groups is 2. The van der Waals surface area contributed by atoms with Crippen molar-refractivity contribution in [3.05, 3.63) is 59.7 Å². The van der Waals surface area contributed by atoms with Gasteiger partial charge in [-0.15, -0.1) is 0 Å². The molecular weight excluding hydrogens is 512 g/mol. The normalized spacial score (nSPS) is 10.2. The zero-order valence-corrected chi connectivity index (χ0v) is 23.5. The Morgan fingerprint density at radius 2 is 1.08 bits per heavy atom. The summed E-state index contributed by atoms with van der Waals surface area (Å²) in [6.07, 6.45) is 0. The lowest BCUT2D eigenvalue weighted by Crippen LogP contribution is -2.27. The minimum absolute atomic E-state index is 0.471. The zero-order valence-electron chi connectivity index (χ0n) is 21.8. The molecule has 0 aliphatic rings. The average Bonchev–Trinajstić information content (AvgIpc) is 2.94. The van der Waals surface area contributed by atoms with Crippen LogP contribution < -0.4 is 38.6 Å². The Hall–Kier alpha value is -3.76. The molecule has 0 heterocycles. The number of nitrogens with zero attached hydrogens (tertiary/aromatic N) is 1. The van der Waals surface area contributed by atoms with Crippen LogP contribution in [0.5, 0.6) is 34.5 Å². The number of benzene rings is 3. The second kappa shape index (κ2) is 12.5. The standard InChI is InChI=1S/C27H30N2O6S2/c1-29(27(37)17-14-22(32-4)25(35-7)23(15-17)33-5)19-11-9-8-10-18(19)28-26(36)16-12-20(30-2)24(34-6)21(13-16)31-3/h8-15H,1-7H3,(H,28,36). The fourth-order valence-corrected chi connectivity index (χ4v) is 4.23. The summed E-state index contributed by atoms with van der Waals surface area (Å²) in [7, 11) is 11.3. The van der Waals surface area contributed by atoms with Gasteiger partial charge in [-0.3, -0.25) is 0 Å². The third-order valence-electron chi connectivity index (χ3n) is 5.66. The van der Waals surface area contributed by atoms with E-state index >= 15 is 0 Å². The van der Waals surface area contributed by atoms with Gasteiger partial charge in [0.25, 0.3) is 0 Å². The molecule has 0 spiro atoms. The molecule has 3 rings (SSSR count). The lowest BCUT2D eigenvalue weighted by atomic mass is 10.1. The lowest BCUT2D eigenvalue weighted by molar-refractivity contribution is 0.324. The van der Waals surface area contributed by atoms with Gasteiger partial charge >= 0.3 is 0 Å². The molecule has 0 amide bonds. The Bertz CT molecular complexity index is 1250. The topological polar surface area (TPSA) is 70.7 Å². The first kappa shape index (κ1) is 27.8. The van der Waals surface area contributed by atoms with Gasteiger partial charge < -0.3 is 38.6 Å². The highest BCUT2D eigenvalue weighted by molar-refractivity contribution is 7.81. The molecule has 0 bridgehead atoms. The van der Waals surface area contributed by atoms with Gasteiger partial charge in [-0.05, 0) is 36.4 Å². The number of anilines is 2. The van der Waals surface area contributed by atoms with Crippen molar-refractivity contribution in [2.24, 2.45) is 0 Å². The molecule has 0 atom stereocenters. The summed E-state index contributed by atoms with van der Waals surface area (Å²) in [4.78, 5) is 2.90. The molecule has 1 N–H and O–H groups in total. The van der Waals surface area contributed by atoms with E-state index < -0.39 is 0 Å². The van der Waals surface area contributed by atoms with Crippen molar-refractivity contribution in [1.82, 2.24) is 0 Å². The number of hydrogen-bond acceptors (Lipinski definition) is 8. The molecule has 196 valence electrons. The second-order valence-corrected chi connectivity index (χ2v) is 8.46. The molecule has 10 heteroatoms. The maximum atomic E-state index is 5.85. The predicted molar refractivity (Wildman–Crippen MR) is 154 cm³/mol. The van der Waals surface area contributed by atoms with Gasteiger partial charge in [-0.1, -0.05) is 36.6 Å². The Morgan fingerprint density at radius 1 is 0.649 bits per heavy atom. The quantitative estimate of drug-likeness (QED) is 0.340. The van der Waals surface area contributed by atoms with E-state index in [1.54, 1.807) is 54.8 Å². The van der Waals surface area contributed by atoms with Crippen LogP contribution >= 0.6 is 24.4 Å². The van der Waals surface area contributed by atoms with Crippen LogP contribution in [0, 0.1) is 0 Å². The molecular formula is C27H30N2O6S2. The lowest BCUT2D eigenvalue weighted by Gasteiger charge is -2.25. The molecule has 0 fully saturated rings. The van der Waals surface area contributed by atoms with Gasteiger partial charge in [0, 0.05) is 18.2 Å². The van der Waals surface area contributed by atoms with Crippen molar-refractivity contribution in [3.8, 4) is 34.5 Å². The third kappa shape index (κ3) is 5.81. The van der Waals surface area contributed by atoms with E-state index in [-0.39, 0.29) is 0 Å². The molecule has 8 nitrogen and oxygen atoms in total. The first-order valence-corrected chi connectivity index (χ1v) is 11.9. The van der Waals surface area contributed by atoms with E-state index in [0.29, 0.717) is 50.0 Å². The fourth-order valence-electron chi connectivity index (χ4n) is 3.79. The summed E-state index contributed by atoms with van der Waals surface area (Å²) in [6, 6.07) is 14.9. The van der Waals surface area contributed by atoms with Crippen LogP contribution in [0.2, 0.25) is 0 Å². The predicted octanol–water partition coefficient (Wildman–Crippen LogP) is 5.34. The maximum absolute atomic E-state index is 5.85. The number of methoxy groups -OCH3 is 6. The number of para-hydroxylation sites is 2. The Labute approximate surface area is 228 Å². The summed E-state index contributed by atoms with van der Waals surface area (Å²) in [5.41, 5.74) is 3.01. The first-order chi connectivity index (χ1) is 17.8. The van der Waals surface area contributed by atoms with E-state index in [2.05, 4.69) is 5.32 Å². The number of ether oxygens (including phenoxy) is 6. The maximum Gasteiger partial charge on any atom is 0.203 e. The summed E-state index contributed by atoms with van der Waals surface area (Å²) >= 11 is 11.6. The van der Waals surface area contributed by atoms with Crippen LogP contribution in [-0.4, -0.2) is 59.7 Å². The van der Waals surface area contributed by atoms with Crippen LogP contribution in [0.15, 0.2) is 48.5 Å². The summed E-state index contributed by atoms with van der Waals surface area (Å²) in [5.74, 6) is 3.04. The van der Waals surface area contributed by atoms with Crippen molar-refractivity contribution in [2.75, 3.05) is 59.9 Å². The second-order valence-electron chi connectivity index (χ2n) is 7.66. The van der Waals surface area contributed by atoms with E-state index in [9.17, 15) is 0 Å². The molecule has 0 unspecified atom stereocenters. The highest BCUT2D eigenvalue weighted by atomic mass is 32.1. The summed E-state index contributed by atoms with van der Waals surface area (Å²) < 4.78 is 32.8. The number of nitrogens with one attached hydrogen (secondary N) is 1. The molecule has 0 radical (unpaired) electrons. The van der Waals surface area contributed by atoms with Crippen LogP contribution in [-0.2, 0) is 0 Å². The summed E-state index contributed by atoms with van der Waals surface area (Å²) in [6.45, 7) is 0. The van der Waals surface area contributed by atoms with Crippen LogP contribution in [0.4, 0.5) is 11.4 Å². The van der Waals surface area contributed by atoms with Crippen molar-refractivity contribution < 1.29 is 28.4 Å². The van der Waals surface area contributed by atoms with E-state index in [4.69, 9.17) is 52.9 Å². The zero-order chi connectivity index (χ0) is 27.1. The largest absolute Gasteiger partial charge is 0.493 e. The molecule has 0 saturated carbocycles. The Kier molecular flexibility index (Phi) is 9.37. The van der Waals surface area contributed by atoms with E-state index in [0.717, 1.165) is 16.9 Å². The van der Waals surface area contributed by atoms with Crippen LogP contribution in [0.3, 0.4) is 0 Å². The van der Waals surface area contributed by atoms with Gasteiger partial charge in [0.15, 0.2) is 23.0 Å². The van der Waals surface area contributed by atoms with Crippen LogP contribution in [0.1, 0.15) is 11.1 Å². The minimum Gasteiger partial charge on any atom is -0.493 e. The average molecular weight is 543 g/mol. The smallest absolute Gasteiger partial charge is 0.203 e. The molecule has 3 aromatic carbocycles. The SMILES string of the molecule is COc1cc(C(=S)Nc2ccccc2N(C)C(=S)c2cc(OC)c(OC)c(OC)c2)cc(OC)c1OC. The van der Waals surface area contributed by atoms with Crippen molar-refractivity contribution in [2.45, 2.75) is 0 Å². The molecule has 0 aliphatic heterocycles. The number of hydrogen-bond donors (Lipinski definition) is 1. The molecule has 37 heavy (non-hydrogen) atoms. The number of rotatable bonds is 10. The highest BCUT2D eigenvalue weighted by Gasteiger charge is 2.20. The van der Waals surface area contributed by atoms with E-state index in [1.165, 1.54) is 0 Å². The molecule has 0 aliphatic carbocycles. The van der Waals surface area contributed by atoms with Gasteiger partial charge in [-0.2, -0.15) is 0 Å².